The van der Waals surface area contributed by atoms with Crippen LogP contribution in [-0.2, 0) is 7.05 Å². The van der Waals surface area contributed by atoms with Crippen molar-refractivity contribution < 1.29 is 4.42 Å². The average molecular weight is 385 g/mol. The molecule has 26 heavy (non-hydrogen) atoms. The van der Waals surface area contributed by atoms with Gasteiger partial charge in [0.15, 0.2) is 0 Å². The monoisotopic (exact) mass is 384 g/mol. The van der Waals surface area contributed by atoms with Crippen LogP contribution in [0.1, 0.15) is 5.76 Å². The molecule has 0 aliphatic heterocycles. The van der Waals surface area contributed by atoms with Gasteiger partial charge in [-0.2, -0.15) is 5.10 Å². The first-order valence-corrected chi connectivity index (χ1v) is 8.63. The number of para-hydroxylation sites is 2. The predicted octanol–water partition coefficient (Wildman–Crippen LogP) is 5.59. The van der Waals surface area contributed by atoms with Crippen LogP contribution in [-0.4, -0.2) is 15.8 Å². The van der Waals surface area contributed by atoms with Gasteiger partial charge in [0.05, 0.1) is 22.3 Å². The number of hydrogen-bond donors (Lipinski definition) is 1. The van der Waals surface area contributed by atoms with E-state index in [1.807, 2.05) is 54.1 Å². The molecular weight excluding hydrogens is 371 g/mol. The Morgan fingerprint density at radius 1 is 1.12 bits per heavy atom. The summed E-state index contributed by atoms with van der Waals surface area (Å²) < 4.78 is 7.71. The van der Waals surface area contributed by atoms with Crippen molar-refractivity contribution in [3.63, 3.8) is 0 Å². The minimum atomic E-state index is 0.535. The van der Waals surface area contributed by atoms with E-state index in [-0.39, 0.29) is 0 Å². The number of fused-ring (bicyclic) bond motifs is 1. The van der Waals surface area contributed by atoms with E-state index < -0.39 is 0 Å². The number of anilines is 1. The third kappa shape index (κ3) is 3.19. The highest BCUT2D eigenvalue weighted by Gasteiger charge is 2.09. The average Bonchev–Trinajstić information content (AvgIpc) is 3.21. The van der Waals surface area contributed by atoms with Crippen LogP contribution in [0.4, 0.5) is 5.95 Å². The van der Waals surface area contributed by atoms with Crippen molar-refractivity contribution in [3.8, 4) is 11.3 Å². The first kappa shape index (κ1) is 16.7. The maximum absolute atomic E-state index is 6.21. The number of furan rings is 1. The van der Waals surface area contributed by atoms with Crippen molar-refractivity contribution in [2.45, 2.75) is 0 Å². The van der Waals surface area contributed by atoms with Gasteiger partial charge in [-0.05, 0) is 42.5 Å². The van der Waals surface area contributed by atoms with Crippen molar-refractivity contribution >= 4 is 46.4 Å². The Balaban J connectivity index is 1.52. The Hall–Kier alpha value is -2.76. The van der Waals surface area contributed by atoms with Gasteiger partial charge in [0.1, 0.15) is 11.5 Å². The van der Waals surface area contributed by atoms with Gasteiger partial charge < -0.3 is 8.98 Å². The molecule has 2 aromatic carbocycles. The molecule has 0 aliphatic carbocycles. The zero-order chi connectivity index (χ0) is 18.1. The first-order valence-electron chi connectivity index (χ1n) is 7.87. The molecule has 0 aliphatic rings. The zero-order valence-electron chi connectivity index (χ0n) is 13.8. The molecule has 5 nitrogen and oxygen atoms in total. The Morgan fingerprint density at radius 3 is 2.77 bits per heavy atom. The molecule has 7 heteroatoms. The maximum Gasteiger partial charge on any atom is 0.224 e. The second kappa shape index (κ2) is 6.86. The number of hydrogen-bond acceptors (Lipinski definition) is 4. The van der Waals surface area contributed by atoms with Crippen LogP contribution < -0.4 is 5.43 Å². The fraction of sp³-hybridized carbons (Fsp3) is 0.0526. The molecular formula is C19H14Cl2N4O. The highest BCUT2D eigenvalue weighted by Crippen LogP contribution is 2.31. The third-order valence-corrected chi connectivity index (χ3v) is 4.51. The van der Waals surface area contributed by atoms with Gasteiger partial charge in [0.25, 0.3) is 0 Å². The number of imidazole rings is 1. The minimum Gasteiger partial charge on any atom is -0.455 e. The van der Waals surface area contributed by atoms with Crippen LogP contribution >= 0.6 is 23.2 Å². The van der Waals surface area contributed by atoms with E-state index in [2.05, 4.69) is 15.5 Å². The standard InChI is InChI=1S/C19H14Cl2N4O/c1-25-17-5-3-2-4-16(17)23-19(25)24-22-11-13-7-9-18(26-13)14-8-6-12(20)10-15(14)21/h2-11H,1H3,(H,23,24)/b22-11-. The highest BCUT2D eigenvalue weighted by atomic mass is 35.5. The van der Waals surface area contributed by atoms with Crippen LogP contribution in [0, 0.1) is 0 Å². The fourth-order valence-electron chi connectivity index (χ4n) is 2.66. The molecule has 0 saturated heterocycles. The predicted molar refractivity (Wildman–Crippen MR) is 106 cm³/mol. The summed E-state index contributed by atoms with van der Waals surface area (Å²) in [5, 5.41) is 5.32. The zero-order valence-corrected chi connectivity index (χ0v) is 15.3. The number of aromatic nitrogens is 2. The molecule has 0 amide bonds. The number of rotatable bonds is 4. The Kier molecular flexibility index (Phi) is 4.41. The fourth-order valence-corrected chi connectivity index (χ4v) is 3.16. The van der Waals surface area contributed by atoms with Crippen LogP contribution in [0.3, 0.4) is 0 Å². The van der Waals surface area contributed by atoms with Crippen LogP contribution in [0.5, 0.6) is 0 Å². The van der Waals surface area contributed by atoms with Crippen molar-refractivity contribution in [2.75, 3.05) is 5.43 Å². The van der Waals surface area contributed by atoms with E-state index in [0.29, 0.717) is 27.5 Å². The second-order valence-electron chi connectivity index (χ2n) is 5.68. The van der Waals surface area contributed by atoms with Gasteiger partial charge in [-0.1, -0.05) is 35.3 Å². The maximum atomic E-state index is 6.21. The molecule has 0 saturated carbocycles. The van der Waals surface area contributed by atoms with Crippen molar-refractivity contribution in [3.05, 3.63) is 70.4 Å². The summed E-state index contributed by atoms with van der Waals surface area (Å²) in [6.07, 6.45) is 1.59. The number of nitrogens with zero attached hydrogens (tertiary/aromatic N) is 3. The summed E-state index contributed by atoms with van der Waals surface area (Å²) in [5.74, 6) is 1.89. The SMILES string of the molecule is Cn1c(N/N=C\c2ccc(-c3ccc(Cl)cc3Cl)o2)nc2ccccc21. The van der Waals surface area contributed by atoms with E-state index in [9.17, 15) is 0 Å². The van der Waals surface area contributed by atoms with Gasteiger partial charge >= 0.3 is 0 Å². The molecule has 2 heterocycles. The van der Waals surface area contributed by atoms with Gasteiger partial charge in [0, 0.05) is 17.6 Å². The number of hydrazone groups is 1. The molecule has 0 unspecified atom stereocenters. The Bertz CT molecular complexity index is 1110. The lowest BCUT2D eigenvalue weighted by molar-refractivity contribution is 0.575. The summed E-state index contributed by atoms with van der Waals surface area (Å²) in [7, 11) is 1.93. The molecule has 130 valence electrons. The highest BCUT2D eigenvalue weighted by molar-refractivity contribution is 6.36. The lowest BCUT2D eigenvalue weighted by Crippen LogP contribution is -1.98. The molecule has 0 radical (unpaired) electrons. The normalized spacial score (nSPS) is 11.5. The van der Waals surface area contributed by atoms with Crippen LogP contribution in [0.2, 0.25) is 10.0 Å². The Labute approximate surface area is 159 Å². The molecule has 4 rings (SSSR count). The number of nitrogens with one attached hydrogen (secondary N) is 1. The van der Waals surface area contributed by atoms with Gasteiger partial charge in [-0.25, -0.2) is 10.4 Å². The number of benzene rings is 2. The van der Waals surface area contributed by atoms with Crippen molar-refractivity contribution in [1.82, 2.24) is 9.55 Å². The number of halogens is 2. The van der Waals surface area contributed by atoms with Gasteiger partial charge in [-0.3, -0.25) is 0 Å². The molecule has 0 bridgehead atoms. The van der Waals surface area contributed by atoms with E-state index in [4.69, 9.17) is 27.6 Å². The van der Waals surface area contributed by atoms with E-state index in [1.165, 1.54) is 0 Å². The second-order valence-corrected chi connectivity index (χ2v) is 6.52. The molecule has 0 atom stereocenters. The van der Waals surface area contributed by atoms with Crippen molar-refractivity contribution in [1.29, 1.82) is 0 Å². The van der Waals surface area contributed by atoms with E-state index in [0.717, 1.165) is 16.6 Å². The Morgan fingerprint density at radius 2 is 1.96 bits per heavy atom. The first-order chi connectivity index (χ1) is 12.6. The summed E-state index contributed by atoms with van der Waals surface area (Å²) in [6, 6.07) is 16.8. The van der Waals surface area contributed by atoms with Gasteiger partial charge in [0.2, 0.25) is 5.95 Å². The molecule has 2 aromatic heterocycles. The van der Waals surface area contributed by atoms with Crippen LogP contribution in [0.15, 0.2) is 64.1 Å². The third-order valence-electron chi connectivity index (χ3n) is 3.97. The topological polar surface area (TPSA) is 55.4 Å². The summed E-state index contributed by atoms with van der Waals surface area (Å²) in [5.41, 5.74) is 5.65. The van der Waals surface area contributed by atoms with Gasteiger partial charge in [-0.15, -0.1) is 0 Å². The lowest BCUT2D eigenvalue weighted by Gasteiger charge is -2.01. The summed E-state index contributed by atoms with van der Waals surface area (Å²) in [4.78, 5) is 4.49. The minimum absolute atomic E-state index is 0.535. The number of aryl methyl sites for hydroxylation is 1. The largest absolute Gasteiger partial charge is 0.455 e. The summed E-state index contributed by atoms with van der Waals surface area (Å²) in [6.45, 7) is 0. The van der Waals surface area contributed by atoms with Crippen LogP contribution in [0.25, 0.3) is 22.4 Å². The molecule has 0 spiro atoms. The van der Waals surface area contributed by atoms with E-state index in [1.54, 1.807) is 18.3 Å². The molecule has 4 aromatic rings. The lowest BCUT2D eigenvalue weighted by atomic mass is 10.2. The smallest absolute Gasteiger partial charge is 0.224 e. The molecule has 0 fully saturated rings. The molecule has 1 N–H and O–H groups in total. The van der Waals surface area contributed by atoms with E-state index >= 15 is 0 Å². The summed E-state index contributed by atoms with van der Waals surface area (Å²) >= 11 is 12.1. The van der Waals surface area contributed by atoms with Crippen molar-refractivity contribution in [2.24, 2.45) is 12.1 Å². The quantitative estimate of drug-likeness (QED) is 0.368.